The quantitative estimate of drug-likeness (QED) is 0.819. The molecule has 3 heteroatoms. The van der Waals surface area contributed by atoms with Crippen LogP contribution in [-0.2, 0) is 11.2 Å². The number of nitrogens with zero attached hydrogens (tertiary/aromatic N) is 1. The molecule has 1 radical (unpaired) electrons. The molecule has 1 aromatic rings. The highest BCUT2D eigenvalue weighted by atomic mass is 16.5. The van der Waals surface area contributed by atoms with Gasteiger partial charge >= 0.3 is 0 Å². The van der Waals surface area contributed by atoms with E-state index in [1.165, 1.54) is 11.5 Å². The second kappa shape index (κ2) is 6.01. The van der Waals surface area contributed by atoms with Gasteiger partial charge in [-0.1, -0.05) is 26.0 Å². The Morgan fingerprint density at radius 2 is 2.00 bits per heavy atom. The van der Waals surface area contributed by atoms with Crippen LogP contribution in [0.3, 0.4) is 0 Å². The van der Waals surface area contributed by atoms with Crippen molar-refractivity contribution < 1.29 is 9.53 Å². The van der Waals surface area contributed by atoms with Gasteiger partial charge in [-0.05, 0) is 30.0 Å². The molecule has 0 aromatic heterocycles. The molecule has 1 aromatic carbocycles. The maximum absolute atomic E-state index is 12.3. The summed E-state index contributed by atoms with van der Waals surface area (Å²) >= 11 is 0. The monoisotopic (exact) mass is 246 g/mol. The van der Waals surface area contributed by atoms with Crippen molar-refractivity contribution in [2.24, 2.45) is 0 Å². The lowest BCUT2D eigenvalue weighted by Gasteiger charge is -2.27. The molecule has 1 fully saturated rings. The van der Waals surface area contributed by atoms with Crippen molar-refractivity contribution >= 4 is 5.91 Å². The van der Waals surface area contributed by atoms with Crippen molar-refractivity contribution in [2.45, 2.75) is 20.3 Å². The first-order chi connectivity index (χ1) is 8.66. The summed E-state index contributed by atoms with van der Waals surface area (Å²) in [5.41, 5.74) is 1.99. The highest BCUT2D eigenvalue weighted by molar-refractivity contribution is 5.94. The molecule has 18 heavy (non-hydrogen) atoms. The predicted octanol–water partition coefficient (Wildman–Crippen LogP) is 2.32. The van der Waals surface area contributed by atoms with Crippen molar-refractivity contribution in [1.82, 2.24) is 4.90 Å². The molecule has 3 nitrogen and oxygen atoms in total. The Bertz CT molecular complexity index is 409. The zero-order valence-electron chi connectivity index (χ0n) is 11.1. The first-order valence-electron chi connectivity index (χ1n) is 6.42. The van der Waals surface area contributed by atoms with Crippen LogP contribution in [0, 0.1) is 5.92 Å². The van der Waals surface area contributed by atoms with Crippen LogP contribution in [-0.4, -0.2) is 37.1 Å². The van der Waals surface area contributed by atoms with E-state index >= 15 is 0 Å². The van der Waals surface area contributed by atoms with Gasteiger partial charge in [-0.2, -0.15) is 0 Å². The van der Waals surface area contributed by atoms with Crippen molar-refractivity contribution in [3.05, 3.63) is 41.3 Å². The Morgan fingerprint density at radius 1 is 1.28 bits per heavy atom. The van der Waals surface area contributed by atoms with E-state index in [1.807, 2.05) is 23.1 Å². The number of ether oxygens (including phenoxy) is 1. The van der Waals surface area contributed by atoms with Crippen molar-refractivity contribution in [1.29, 1.82) is 0 Å². The third-order valence-corrected chi connectivity index (χ3v) is 3.03. The highest BCUT2D eigenvalue weighted by Crippen LogP contribution is 2.14. The lowest BCUT2D eigenvalue weighted by Crippen LogP contribution is -2.40. The van der Waals surface area contributed by atoms with Crippen LogP contribution in [0.5, 0.6) is 0 Å². The van der Waals surface area contributed by atoms with Gasteiger partial charge in [0.2, 0.25) is 0 Å². The van der Waals surface area contributed by atoms with Crippen LogP contribution in [0.25, 0.3) is 0 Å². The number of amides is 1. The zero-order chi connectivity index (χ0) is 13.0. The molecule has 0 N–H and O–H groups in total. The molecule has 1 amide bonds. The van der Waals surface area contributed by atoms with E-state index in [4.69, 9.17) is 4.74 Å². The van der Waals surface area contributed by atoms with Crippen LogP contribution in [0.1, 0.15) is 29.8 Å². The number of morpholine rings is 1. The summed E-state index contributed by atoms with van der Waals surface area (Å²) in [5.74, 6) is 1.47. The Kier molecular flexibility index (Phi) is 4.37. The third kappa shape index (κ3) is 3.33. The zero-order valence-corrected chi connectivity index (χ0v) is 11.1. The van der Waals surface area contributed by atoms with E-state index in [-0.39, 0.29) is 5.91 Å². The van der Waals surface area contributed by atoms with Crippen LogP contribution in [0.4, 0.5) is 0 Å². The first kappa shape index (κ1) is 13.1. The van der Waals surface area contributed by atoms with Gasteiger partial charge in [0.15, 0.2) is 0 Å². The summed E-state index contributed by atoms with van der Waals surface area (Å²) in [7, 11) is 0. The number of benzene rings is 1. The molecule has 0 unspecified atom stereocenters. The summed E-state index contributed by atoms with van der Waals surface area (Å²) in [6.07, 6.45) is 0.935. The molecule has 2 rings (SSSR count). The molecule has 1 aliphatic heterocycles. The standard InChI is InChI=1S/C15H20NO2/c1-12(2)10-13-4-3-5-14(11-13)15(17)16-6-8-18-9-7-16/h3-5,11H,6-10H2,1-2H3. The summed E-state index contributed by atoms with van der Waals surface area (Å²) in [4.78, 5) is 14.2. The van der Waals surface area contributed by atoms with E-state index in [9.17, 15) is 4.79 Å². The van der Waals surface area contributed by atoms with Crippen molar-refractivity contribution in [3.8, 4) is 0 Å². The Morgan fingerprint density at radius 3 is 2.67 bits per heavy atom. The lowest BCUT2D eigenvalue weighted by molar-refractivity contribution is 0.0303. The van der Waals surface area contributed by atoms with Crippen molar-refractivity contribution in [3.63, 3.8) is 0 Å². The molecule has 1 heterocycles. The topological polar surface area (TPSA) is 29.5 Å². The SMILES string of the molecule is C[C](C)Cc1cccc(C(=O)N2CCOCC2)c1. The smallest absolute Gasteiger partial charge is 0.254 e. The molecule has 1 saturated heterocycles. The Labute approximate surface area is 109 Å². The highest BCUT2D eigenvalue weighted by Gasteiger charge is 2.18. The number of rotatable bonds is 3. The fraction of sp³-hybridized carbons (Fsp3) is 0.467. The van der Waals surface area contributed by atoms with Gasteiger partial charge in [-0.3, -0.25) is 4.79 Å². The number of hydrogen-bond acceptors (Lipinski definition) is 2. The second-order valence-corrected chi connectivity index (χ2v) is 4.99. The molecule has 1 aliphatic rings. The molecule has 0 aliphatic carbocycles. The third-order valence-electron chi connectivity index (χ3n) is 3.03. The second-order valence-electron chi connectivity index (χ2n) is 4.99. The molecule has 97 valence electrons. The van der Waals surface area contributed by atoms with Gasteiger partial charge in [0, 0.05) is 18.7 Å². The fourth-order valence-corrected chi connectivity index (χ4v) is 2.17. The maximum Gasteiger partial charge on any atom is 0.254 e. The van der Waals surface area contributed by atoms with E-state index in [1.54, 1.807) is 0 Å². The minimum Gasteiger partial charge on any atom is -0.378 e. The molecule has 0 atom stereocenters. The largest absolute Gasteiger partial charge is 0.378 e. The minimum absolute atomic E-state index is 0.119. The van der Waals surface area contributed by atoms with Crippen LogP contribution < -0.4 is 0 Å². The van der Waals surface area contributed by atoms with Gasteiger partial charge in [-0.25, -0.2) is 0 Å². The Balaban J connectivity index is 2.09. The minimum atomic E-state index is 0.119. The Hall–Kier alpha value is -1.35. The van der Waals surface area contributed by atoms with E-state index in [0.29, 0.717) is 26.3 Å². The van der Waals surface area contributed by atoms with Gasteiger partial charge < -0.3 is 9.64 Å². The van der Waals surface area contributed by atoms with Gasteiger partial charge in [0.05, 0.1) is 13.2 Å². The van der Waals surface area contributed by atoms with Gasteiger partial charge in [0.1, 0.15) is 0 Å². The van der Waals surface area contributed by atoms with Gasteiger partial charge in [-0.15, -0.1) is 0 Å². The number of carbonyl (C=O) groups is 1. The molecule has 0 bridgehead atoms. The molecule has 0 spiro atoms. The normalized spacial score (nSPS) is 16.1. The number of hydrogen-bond donors (Lipinski definition) is 0. The first-order valence-corrected chi connectivity index (χ1v) is 6.42. The molecular formula is C15H20NO2. The average molecular weight is 246 g/mol. The van der Waals surface area contributed by atoms with E-state index in [2.05, 4.69) is 19.9 Å². The summed E-state index contributed by atoms with van der Waals surface area (Å²) in [6.45, 7) is 6.90. The van der Waals surface area contributed by atoms with Gasteiger partial charge in [0.25, 0.3) is 5.91 Å². The average Bonchev–Trinajstić information content (AvgIpc) is 2.38. The maximum atomic E-state index is 12.3. The predicted molar refractivity (Wildman–Crippen MR) is 71.5 cm³/mol. The summed E-state index contributed by atoms with van der Waals surface area (Å²) in [6, 6.07) is 7.94. The fourth-order valence-electron chi connectivity index (χ4n) is 2.17. The summed E-state index contributed by atoms with van der Waals surface area (Å²) in [5, 5.41) is 0. The van der Waals surface area contributed by atoms with Crippen LogP contribution >= 0.6 is 0 Å². The van der Waals surface area contributed by atoms with E-state index in [0.717, 1.165) is 12.0 Å². The molecule has 0 saturated carbocycles. The lowest BCUT2D eigenvalue weighted by atomic mass is 10.0. The number of carbonyl (C=O) groups excluding carboxylic acids is 1. The summed E-state index contributed by atoms with van der Waals surface area (Å²) < 4.78 is 5.26. The van der Waals surface area contributed by atoms with Crippen LogP contribution in [0.15, 0.2) is 24.3 Å². The van der Waals surface area contributed by atoms with Crippen molar-refractivity contribution in [2.75, 3.05) is 26.3 Å². The van der Waals surface area contributed by atoms with E-state index < -0.39 is 0 Å². The van der Waals surface area contributed by atoms with Crippen LogP contribution in [0.2, 0.25) is 0 Å². The molecular weight excluding hydrogens is 226 g/mol.